The highest BCUT2D eigenvalue weighted by molar-refractivity contribution is 7.13. The van der Waals surface area contributed by atoms with E-state index in [0.717, 1.165) is 36.0 Å². The number of hydrogen-bond donors (Lipinski definition) is 2. The standard InChI is InChI=1S/C14H28O.C8H10O2S.C2H2/c1-12-9-10-14(11-12)8-6-4-3-5-7-13(2)15;1-2-3-6-4-5-7(11-6)8(9)10;1-2/h12-15H,3-11H2,1-2H3;4-5H,2-3H2,1H3,(H,9,10);1-2H/t12-,13-,14+;;/m1../s1. The number of unbranched alkanes of at least 4 members (excludes halogenated alkanes) is 3. The summed E-state index contributed by atoms with van der Waals surface area (Å²) in [5, 5.41) is 17.7. The van der Waals surface area contributed by atoms with Gasteiger partial charge in [0, 0.05) is 4.88 Å². The Morgan fingerprint density at radius 2 is 1.89 bits per heavy atom. The first-order chi connectivity index (χ1) is 13.4. The zero-order valence-electron chi connectivity index (χ0n) is 18.0. The van der Waals surface area contributed by atoms with E-state index in [2.05, 4.69) is 26.7 Å². The van der Waals surface area contributed by atoms with E-state index in [0.29, 0.717) is 4.88 Å². The van der Waals surface area contributed by atoms with E-state index in [-0.39, 0.29) is 6.10 Å². The van der Waals surface area contributed by atoms with Crippen molar-refractivity contribution in [3.8, 4) is 12.8 Å². The lowest BCUT2D eigenvalue weighted by Crippen LogP contribution is -1.98. The predicted octanol–water partition coefficient (Wildman–Crippen LogP) is 6.79. The topological polar surface area (TPSA) is 57.5 Å². The Hall–Kier alpha value is -1.31. The maximum atomic E-state index is 10.4. The van der Waals surface area contributed by atoms with E-state index in [9.17, 15) is 4.79 Å². The third-order valence-corrected chi connectivity index (χ3v) is 6.29. The molecule has 1 aliphatic rings. The van der Waals surface area contributed by atoms with Crippen LogP contribution in [0.25, 0.3) is 0 Å². The lowest BCUT2D eigenvalue weighted by atomic mass is 9.98. The van der Waals surface area contributed by atoms with Crippen molar-refractivity contribution in [1.29, 1.82) is 0 Å². The van der Waals surface area contributed by atoms with Crippen LogP contribution in [0.2, 0.25) is 0 Å². The molecule has 3 atom stereocenters. The summed E-state index contributed by atoms with van der Waals surface area (Å²) in [4.78, 5) is 12.0. The molecule has 0 amide bonds. The van der Waals surface area contributed by atoms with Crippen molar-refractivity contribution in [3.63, 3.8) is 0 Å². The molecular weight excluding hydrogens is 368 g/mol. The molecule has 1 saturated carbocycles. The molecule has 1 fully saturated rings. The predicted molar refractivity (Wildman–Crippen MR) is 121 cm³/mol. The molecule has 0 aliphatic heterocycles. The van der Waals surface area contributed by atoms with Crippen LogP contribution in [0, 0.1) is 24.7 Å². The number of aliphatic hydroxyl groups excluding tert-OH is 1. The third-order valence-electron chi connectivity index (χ3n) is 5.16. The van der Waals surface area contributed by atoms with Crippen LogP contribution in [0.5, 0.6) is 0 Å². The average Bonchev–Trinajstić information content (AvgIpc) is 3.30. The summed E-state index contributed by atoms with van der Waals surface area (Å²) in [7, 11) is 0. The van der Waals surface area contributed by atoms with Crippen molar-refractivity contribution in [2.45, 2.75) is 97.5 Å². The molecule has 160 valence electrons. The second-order valence-electron chi connectivity index (χ2n) is 7.95. The Bertz CT molecular complexity index is 533. The average molecular weight is 409 g/mol. The Labute approximate surface area is 176 Å². The Morgan fingerprint density at radius 3 is 2.39 bits per heavy atom. The Morgan fingerprint density at radius 1 is 1.21 bits per heavy atom. The second-order valence-corrected chi connectivity index (χ2v) is 9.11. The van der Waals surface area contributed by atoms with Crippen molar-refractivity contribution in [2.75, 3.05) is 0 Å². The van der Waals surface area contributed by atoms with Crippen molar-refractivity contribution in [3.05, 3.63) is 21.9 Å². The molecule has 0 saturated heterocycles. The molecule has 1 heterocycles. The summed E-state index contributed by atoms with van der Waals surface area (Å²) in [6.45, 7) is 6.36. The molecule has 0 bridgehead atoms. The number of rotatable bonds is 10. The first-order valence-corrected chi connectivity index (χ1v) is 11.6. The highest BCUT2D eigenvalue weighted by Crippen LogP contribution is 2.33. The molecule has 4 heteroatoms. The molecule has 0 unspecified atom stereocenters. The minimum absolute atomic E-state index is 0.0966. The monoisotopic (exact) mass is 408 g/mol. The number of carbonyl (C=O) groups is 1. The summed E-state index contributed by atoms with van der Waals surface area (Å²) in [6.07, 6.45) is 22.1. The first-order valence-electron chi connectivity index (χ1n) is 10.8. The highest BCUT2D eigenvalue weighted by Gasteiger charge is 2.20. The third kappa shape index (κ3) is 13.0. The fourth-order valence-corrected chi connectivity index (χ4v) is 4.64. The van der Waals surface area contributed by atoms with E-state index in [1.807, 2.05) is 13.0 Å². The van der Waals surface area contributed by atoms with Crippen LogP contribution in [0.3, 0.4) is 0 Å². The van der Waals surface area contributed by atoms with Gasteiger partial charge in [-0.3, -0.25) is 0 Å². The van der Waals surface area contributed by atoms with E-state index in [4.69, 9.17) is 10.2 Å². The van der Waals surface area contributed by atoms with E-state index in [1.165, 1.54) is 62.7 Å². The first kappa shape index (κ1) is 26.7. The van der Waals surface area contributed by atoms with E-state index in [1.54, 1.807) is 6.07 Å². The van der Waals surface area contributed by atoms with Crippen molar-refractivity contribution in [1.82, 2.24) is 0 Å². The zero-order chi connectivity index (χ0) is 21.4. The molecule has 2 rings (SSSR count). The van der Waals surface area contributed by atoms with Crippen LogP contribution in [-0.2, 0) is 6.42 Å². The van der Waals surface area contributed by atoms with Gasteiger partial charge in [-0.15, -0.1) is 24.2 Å². The van der Waals surface area contributed by atoms with Gasteiger partial charge in [0.25, 0.3) is 0 Å². The van der Waals surface area contributed by atoms with Crippen molar-refractivity contribution >= 4 is 17.3 Å². The van der Waals surface area contributed by atoms with Gasteiger partial charge >= 0.3 is 5.97 Å². The van der Waals surface area contributed by atoms with Crippen LogP contribution in [0.15, 0.2) is 12.1 Å². The molecule has 28 heavy (non-hydrogen) atoms. The lowest BCUT2D eigenvalue weighted by Gasteiger charge is -2.09. The Kier molecular flexibility index (Phi) is 15.8. The number of carboxylic acids is 1. The number of aliphatic hydroxyl groups is 1. The minimum Gasteiger partial charge on any atom is -0.477 e. The highest BCUT2D eigenvalue weighted by atomic mass is 32.1. The lowest BCUT2D eigenvalue weighted by molar-refractivity contribution is 0.0702. The van der Waals surface area contributed by atoms with Crippen LogP contribution >= 0.6 is 11.3 Å². The number of aromatic carboxylic acids is 1. The molecule has 1 aromatic heterocycles. The number of aryl methyl sites for hydroxylation is 1. The summed E-state index contributed by atoms with van der Waals surface area (Å²) in [5.74, 6) is 1.21. The molecular formula is C24H40O3S. The van der Waals surface area contributed by atoms with Crippen LogP contribution in [-0.4, -0.2) is 22.3 Å². The Balaban J connectivity index is 0.000000497. The maximum absolute atomic E-state index is 10.4. The number of hydrogen-bond acceptors (Lipinski definition) is 3. The molecule has 1 aromatic rings. The van der Waals surface area contributed by atoms with Gasteiger partial charge in [0.15, 0.2) is 0 Å². The smallest absolute Gasteiger partial charge is 0.345 e. The van der Waals surface area contributed by atoms with Gasteiger partial charge in [-0.25, -0.2) is 4.79 Å². The molecule has 3 nitrogen and oxygen atoms in total. The van der Waals surface area contributed by atoms with Gasteiger partial charge in [0.2, 0.25) is 0 Å². The molecule has 0 radical (unpaired) electrons. The van der Waals surface area contributed by atoms with Crippen LogP contribution < -0.4 is 0 Å². The fourth-order valence-electron chi connectivity index (χ4n) is 3.69. The summed E-state index contributed by atoms with van der Waals surface area (Å²) in [6, 6.07) is 3.55. The molecule has 0 aromatic carbocycles. The number of thiophene rings is 1. The minimum atomic E-state index is -0.822. The maximum Gasteiger partial charge on any atom is 0.345 e. The summed E-state index contributed by atoms with van der Waals surface area (Å²) in [5.41, 5.74) is 0. The van der Waals surface area contributed by atoms with Crippen LogP contribution in [0.1, 0.15) is 99.5 Å². The quantitative estimate of drug-likeness (QED) is 0.331. The molecule has 0 spiro atoms. The SMILES string of the molecule is C#C.CCCc1ccc(C(=O)O)s1.C[C@@H]1CC[C@H](CCCCCC[C@@H](C)O)C1. The van der Waals surface area contributed by atoms with Gasteiger partial charge in [0.05, 0.1) is 6.10 Å². The van der Waals surface area contributed by atoms with Gasteiger partial charge in [-0.05, 0) is 50.2 Å². The number of terminal acetylenes is 1. The number of carboxylic acid groups (broad SMARTS) is 1. The van der Waals surface area contributed by atoms with Crippen molar-refractivity contribution in [2.24, 2.45) is 11.8 Å². The second kappa shape index (κ2) is 16.6. The largest absolute Gasteiger partial charge is 0.477 e. The van der Waals surface area contributed by atoms with Crippen LogP contribution in [0.4, 0.5) is 0 Å². The van der Waals surface area contributed by atoms with Gasteiger partial charge < -0.3 is 10.2 Å². The zero-order valence-corrected chi connectivity index (χ0v) is 18.8. The normalized spacial score (nSPS) is 19.1. The van der Waals surface area contributed by atoms with Crippen molar-refractivity contribution < 1.29 is 15.0 Å². The summed E-state index contributed by atoms with van der Waals surface area (Å²) >= 11 is 1.37. The van der Waals surface area contributed by atoms with Gasteiger partial charge in [-0.1, -0.05) is 65.2 Å². The van der Waals surface area contributed by atoms with E-state index < -0.39 is 5.97 Å². The molecule has 2 N–H and O–H groups in total. The van der Waals surface area contributed by atoms with Gasteiger partial charge in [-0.2, -0.15) is 0 Å². The van der Waals surface area contributed by atoms with E-state index >= 15 is 0 Å². The molecule has 1 aliphatic carbocycles. The summed E-state index contributed by atoms with van der Waals surface area (Å²) < 4.78 is 0. The fraction of sp³-hybridized carbons (Fsp3) is 0.708. The van der Waals surface area contributed by atoms with Gasteiger partial charge in [0.1, 0.15) is 4.88 Å².